The molecule has 0 radical (unpaired) electrons. The SMILES string of the molecule is CC(C)C(O)CC(=O)Nc1ccn(-c2ncccc2C(F)(F)F)n1. The van der Waals surface area contributed by atoms with Crippen LogP contribution in [0.1, 0.15) is 25.8 Å². The van der Waals surface area contributed by atoms with Crippen LogP contribution in [0.5, 0.6) is 0 Å². The maximum absolute atomic E-state index is 13.0. The second-order valence-electron chi connectivity index (χ2n) is 5.58. The van der Waals surface area contributed by atoms with Gasteiger partial charge >= 0.3 is 6.18 Å². The first kappa shape index (κ1) is 17.9. The summed E-state index contributed by atoms with van der Waals surface area (Å²) in [5.74, 6) is -0.864. The van der Waals surface area contributed by atoms with Crippen LogP contribution in [0.4, 0.5) is 19.0 Å². The molecule has 1 atom stereocenters. The molecule has 2 N–H and O–H groups in total. The van der Waals surface area contributed by atoms with Crippen LogP contribution in [0.25, 0.3) is 5.82 Å². The van der Waals surface area contributed by atoms with Gasteiger partial charge in [-0.05, 0) is 18.1 Å². The van der Waals surface area contributed by atoms with Gasteiger partial charge in [-0.2, -0.15) is 13.2 Å². The lowest BCUT2D eigenvalue weighted by atomic mass is 10.0. The number of aromatic nitrogens is 3. The van der Waals surface area contributed by atoms with Crippen LogP contribution in [-0.2, 0) is 11.0 Å². The number of pyridine rings is 1. The predicted octanol–water partition coefficient (Wildman–Crippen LogP) is 2.63. The highest BCUT2D eigenvalue weighted by atomic mass is 19.4. The maximum Gasteiger partial charge on any atom is 0.420 e. The topological polar surface area (TPSA) is 80.0 Å². The number of anilines is 1. The normalized spacial score (nSPS) is 13.1. The van der Waals surface area contributed by atoms with Gasteiger partial charge in [0.1, 0.15) is 5.56 Å². The Balaban J connectivity index is 2.16. The summed E-state index contributed by atoms with van der Waals surface area (Å²) in [7, 11) is 0. The van der Waals surface area contributed by atoms with Crippen LogP contribution in [0.2, 0.25) is 0 Å². The number of hydrogen-bond donors (Lipinski definition) is 2. The van der Waals surface area contributed by atoms with Crippen molar-refractivity contribution in [1.82, 2.24) is 14.8 Å². The highest BCUT2D eigenvalue weighted by Gasteiger charge is 2.34. The third kappa shape index (κ3) is 4.31. The highest BCUT2D eigenvalue weighted by molar-refractivity contribution is 5.90. The number of halogens is 3. The van der Waals surface area contributed by atoms with Gasteiger partial charge in [0.15, 0.2) is 11.6 Å². The van der Waals surface area contributed by atoms with Crippen molar-refractivity contribution in [2.75, 3.05) is 5.32 Å². The maximum atomic E-state index is 13.0. The Hall–Kier alpha value is -2.42. The first-order valence-corrected chi connectivity index (χ1v) is 7.24. The van der Waals surface area contributed by atoms with Crippen molar-refractivity contribution in [2.24, 2.45) is 5.92 Å². The molecule has 24 heavy (non-hydrogen) atoms. The van der Waals surface area contributed by atoms with E-state index in [0.29, 0.717) is 0 Å². The van der Waals surface area contributed by atoms with Gasteiger partial charge in [-0.3, -0.25) is 4.79 Å². The van der Waals surface area contributed by atoms with Crippen LogP contribution in [0, 0.1) is 5.92 Å². The fourth-order valence-corrected chi connectivity index (χ4v) is 1.93. The molecule has 130 valence electrons. The Morgan fingerprint density at radius 2 is 2.08 bits per heavy atom. The molecule has 0 saturated carbocycles. The fourth-order valence-electron chi connectivity index (χ4n) is 1.93. The third-order valence-corrected chi connectivity index (χ3v) is 3.33. The monoisotopic (exact) mass is 342 g/mol. The largest absolute Gasteiger partial charge is 0.420 e. The number of nitrogens with one attached hydrogen (secondary N) is 1. The van der Waals surface area contributed by atoms with Crippen LogP contribution >= 0.6 is 0 Å². The average molecular weight is 342 g/mol. The van der Waals surface area contributed by atoms with Crippen molar-refractivity contribution in [2.45, 2.75) is 32.5 Å². The second kappa shape index (κ2) is 7.00. The van der Waals surface area contributed by atoms with Crippen LogP contribution < -0.4 is 5.32 Å². The number of hydrogen-bond acceptors (Lipinski definition) is 4. The summed E-state index contributed by atoms with van der Waals surface area (Å²) in [6.07, 6.45) is -3.00. The summed E-state index contributed by atoms with van der Waals surface area (Å²) in [5.41, 5.74) is -0.929. The molecule has 1 unspecified atom stereocenters. The number of alkyl halides is 3. The number of carbonyl (C=O) groups is 1. The van der Waals surface area contributed by atoms with Gasteiger partial charge in [0.2, 0.25) is 5.91 Å². The van der Waals surface area contributed by atoms with Crippen LogP contribution in [0.3, 0.4) is 0 Å². The first-order chi connectivity index (χ1) is 11.2. The lowest BCUT2D eigenvalue weighted by molar-refractivity contribution is -0.137. The first-order valence-electron chi connectivity index (χ1n) is 7.24. The molecule has 0 aliphatic heterocycles. The van der Waals surface area contributed by atoms with Crippen molar-refractivity contribution in [1.29, 1.82) is 0 Å². The summed E-state index contributed by atoms with van der Waals surface area (Å²) in [6, 6.07) is 3.45. The summed E-state index contributed by atoms with van der Waals surface area (Å²) in [4.78, 5) is 15.5. The van der Waals surface area contributed by atoms with E-state index in [-0.39, 0.29) is 24.0 Å². The summed E-state index contributed by atoms with van der Waals surface area (Å²) >= 11 is 0. The number of carbonyl (C=O) groups excluding carboxylic acids is 1. The number of rotatable bonds is 5. The minimum Gasteiger partial charge on any atom is -0.392 e. The minimum absolute atomic E-state index is 0.0785. The molecule has 6 nitrogen and oxygen atoms in total. The van der Waals surface area contributed by atoms with Gasteiger partial charge in [0.25, 0.3) is 0 Å². The molecule has 0 aliphatic carbocycles. The van der Waals surface area contributed by atoms with Crippen LogP contribution in [0.15, 0.2) is 30.6 Å². The number of nitrogens with zero attached hydrogens (tertiary/aromatic N) is 3. The van der Waals surface area contributed by atoms with Crippen molar-refractivity contribution >= 4 is 11.7 Å². The molecule has 2 aromatic heterocycles. The molecule has 9 heteroatoms. The molecule has 0 aliphatic rings. The number of amides is 1. The second-order valence-corrected chi connectivity index (χ2v) is 5.58. The molecular weight excluding hydrogens is 325 g/mol. The molecule has 0 aromatic carbocycles. The van der Waals surface area contributed by atoms with Crippen molar-refractivity contribution in [3.8, 4) is 5.82 Å². The van der Waals surface area contributed by atoms with Crippen molar-refractivity contribution < 1.29 is 23.1 Å². The molecule has 2 heterocycles. The standard InChI is InChI=1S/C15H17F3N4O2/c1-9(2)11(23)8-13(24)20-12-5-7-22(21-12)14-10(15(16,17)18)4-3-6-19-14/h3-7,9,11,23H,8H2,1-2H3,(H,20,21,24). The quantitative estimate of drug-likeness (QED) is 0.875. The van der Waals surface area contributed by atoms with E-state index in [0.717, 1.165) is 10.7 Å². The lowest BCUT2D eigenvalue weighted by Gasteiger charge is -2.13. The van der Waals surface area contributed by atoms with Gasteiger partial charge in [0.05, 0.1) is 12.5 Å². The van der Waals surface area contributed by atoms with E-state index in [1.807, 2.05) is 0 Å². The predicted molar refractivity (Wildman–Crippen MR) is 80.5 cm³/mol. The zero-order valence-electron chi connectivity index (χ0n) is 13.1. The molecule has 1 amide bonds. The molecule has 0 spiro atoms. The Bertz CT molecular complexity index is 713. The molecule has 0 saturated heterocycles. The number of aliphatic hydroxyl groups excluding tert-OH is 1. The van der Waals surface area contributed by atoms with E-state index in [2.05, 4.69) is 15.4 Å². The average Bonchev–Trinajstić information content (AvgIpc) is 2.94. The molecule has 2 aromatic rings. The Labute approximate surface area is 136 Å². The van der Waals surface area contributed by atoms with Gasteiger partial charge in [-0.25, -0.2) is 9.67 Å². The molecule has 0 fully saturated rings. The van der Waals surface area contributed by atoms with E-state index in [1.54, 1.807) is 13.8 Å². The minimum atomic E-state index is -4.57. The van der Waals surface area contributed by atoms with Gasteiger partial charge < -0.3 is 10.4 Å². The van der Waals surface area contributed by atoms with Gasteiger partial charge in [-0.1, -0.05) is 13.8 Å². The van der Waals surface area contributed by atoms with E-state index < -0.39 is 23.8 Å². The smallest absolute Gasteiger partial charge is 0.392 e. The van der Waals surface area contributed by atoms with E-state index in [9.17, 15) is 23.1 Å². The van der Waals surface area contributed by atoms with Gasteiger partial charge in [0, 0.05) is 18.5 Å². The van der Waals surface area contributed by atoms with Gasteiger partial charge in [-0.15, -0.1) is 5.10 Å². The Morgan fingerprint density at radius 1 is 1.38 bits per heavy atom. The Morgan fingerprint density at radius 3 is 2.71 bits per heavy atom. The van der Waals surface area contributed by atoms with Crippen LogP contribution in [-0.4, -0.2) is 31.9 Å². The highest BCUT2D eigenvalue weighted by Crippen LogP contribution is 2.32. The number of aliphatic hydroxyl groups is 1. The van der Waals surface area contributed by atoms with E-state index >= 15 is 0 Å². The lowest BCUT2D eigenvalue weighted by Crippen LogP contribution is -2.23. The van der Waals surface area contributed by atoms with Crippen molar-refractivity contribution in [3.05, 3.63) is 36.2 Å². The zero-order valence-corrected chi connectivity index (χ0v) is 13.1. The molecule has 0 bridgehead atoms. The fraction of sp³-hybridized carbons (Fsp3) is 0.400. The summed E-state index contributed by atoms with van der Waals surface area (Å²) in [5, 5.41) is 16.0. The third-order valence-electron chi connectivity index (χ3n) is 3.33. The summed E-state index contributed by atoms with van der Waals surface area (Å²) < 4.78 is 39.9. The van der Waals surface area contributed by atoms with Crippen molar-refractivity contribution in [3.63, 3.8) is 0 Å². The zero-order chi connectivity index (χ0) is 17.9. The Kier molecular flexibility index (Phi) is 5.23. The van der Waals surface area contributed by atoms with E-state index in [1.165, 1.54) is 24.5 Å². The molecular formula is C15H17F3N4O2. The summed E-state index contributed by atoms with van der Waals surface area (Å²) in [6.45, 7) is 3.54. The van der Waals surface area contributed by atoms with E-state index in [4.69, 9.17) is 0 Å². The molecule has 2 rings (SSSR count).